The van der Waals surface area contributed by atoms with Crippen LogP contribution in [-0.2, 0) is 0 Å². The zero-order valence-electron chi connectivity index (χ0n) is 11.0. The van der Waals surface area contributed by atoms with E-state index in [0.29, 0.717) is 17.4 Å². The molecule has 0 N–H and O–H groups in total. The summed E-state index contributed by atoms with van der Waals surface area (Å²) in [5.41, 5.74) is 0.400. The topological polar surface area (TPSA) is 0 Å². The quantitative estimate of drug-likeness (QED) is 0.472. The van der Waals surface area contributed by atoms with Crippen LogP contribution >= 0.6 is 0 Å². The maximum absolute atomic E-state index is 13.7. The van der Waals surface area contributed by atoms with Gasteiger partial charge in [-0.25, -0.2) is 0 Å². The van der Waals surface area contributed by atoms with Crippen LogP contribution in [0.4, 0.5) is 8.78 Å². The third kappa shape index (κ3) is 3.25. The molecule has 0 aromatic carbocycles. The standard InChI is InChI=1S/C17H19F2/c1-3-13-5-7-14(8-6-13)9-11-15-10-4-12(2)16(18)17(15)19/h3-4,9-11,13-14H,1-2,5-8H2/q+1/b11-9+. The maximum Gasteiger partial charge on any atom is 0.258 e. The molecule has 19 heavy (non-hydrogen) atoms. The fourth-order valence-corrected chi connectivity index (χ4v) is 2.55. The van der Waals surface area contributed by atoms with Gasteiger partial charge in [0.05, 0.1) is 5.57 Å². The minimum absolute atomic E-state index is 0.0983. The molecule has 2 aliphatic rings. The Hall–Kier alpha value is -1.57. The zero-order valence-corrected chi connectivity index (χ0v) is 11.0. The molecule has 2 rings (SSSR count). The highest BCUT2D eigenvalue weighted by Crippen LogP contribution is 2.34. The molecule has 100 valence electrons. The third-order valence-electron chi connectivity index (χ3n) is 3.89. The average molecular weight is 261 g/mol. The molecular formula is C17H19F2+. The molecule has 0 amide bonds. The van der Waals surface area contributed by atoms with Gasteiger partial charge in [-0.1, -0.05) is 12.2 Å². The molecule has 0 nitrogen and oxygen atoms in total. The molecule has 0 saturated heterocycles. The summed E-state index contributed by atoms with van der Waals surface area (Å²) in [7, 11) is 0. The number of hydrogen-bond donors (Lipinski definition) is 0. The molecule has 0 unspecified atom stereocenters. The van der Waals surface area contributed by atoms with Gasteiger partial charge < -0.3 is 0 Å². The monoisotopic (exact) mass is 261 g/mol. The highest BCUT2D eigenvalue weighted by Gasteiger charge is 2.30. The van der Waals surface area contributed by atoms with Crippen molar-refractivity contribution < 1.29 is 8.78 Å². The fourth-order valence-electron chi connectivity index (χ4n) is 2.55. The van der Waals surface area contributed by atoms with Crippen molar-refractivity contribution >= 4 is 0 Å². The molecule has 0 radical (unpaired) electrons. The van der Waals surface area contributed by atoms with Crippen LogP contribution in [-0.4, -0.2) is 0 Å². The number of allylic oxidation sites excluding steroid dienone is 8. The Labute approximate surface area is 113 Å². The first-order valence-corrected chi connectivity index (χ1v) is 6.72. The van der Waals surface area contributed by atoms with Crippen LogP contribution in [0.3, 0.4) is 0 Å². The lowest BCUT2D eigenvalue weighted by Crippen LogP contribution is -2.11. The van der Waals surface area contributed by atoms with E-state index in [2.05, 4.69) is 13.2 Å². The second-order valence-corrected chi connectivity index (χ2v) is 5.21. The molecule has 0 aliphatic heterocycles. The van der Waals surface area contributed by atoms with E-state index in [-0.39, 0.29) is 5.57 Å². The van der Waals surface area contributed by atoms with Gasteiger partial charge in [0.15, 0.2) is 0 Å². The highest BCUT2D eigenvalue weighted by atomic mass is 19.2. The van der Waals surface area contributed by atoms with Gasteiger partial charge in [-0.15, -0.1) is 11.0 Å². The van der Waals surface area contributed by atoms with Crippen LogP contribution in [0, 0.1) is 18.0 Å². The molecule has 0 heterocycles. The van der Waals surface area contributed by atoms with Gasteiger partial charge in [-0.2, -0.15) is 4.39 Å². The van der Waals surface area contributed by atoms with Crippen molar-refractivity contribution in [1.82, 2.24) is 0 Å². The van der Waals surface area contributed by atoms with Crippen LogP contribution in [0.2, 0.25) is 0 Å². The summed E-state index contributed by atoms with van der Waals surface area (Å²) in [6, 6.07) is 0. The Morgan fingerprint density at radius 1 is 1.16 bits per heavy atom. The summed E-state index contributed by atoms with van der Waals surface area (Å²) in [5, 5.41) is 0. The first-order chi connectivity index (χ1) is 9.11. The fraction of sp³-hybridized carbons (Fsp3) is 0.353. The first kappa shape index (κ1) is 13.9. The van der Waals surface area contributed by atoms with Crippen molar-refractivity contribution in [3.05, 3.63) is 66.7 Å². The minimum atomic E-state index is -0.850. The van der Waals surface area contributed by atoms with Crippen LogP contribution in [0.25, 0.3) is 0 Å². The van der Waals surface area contributed by atoms with Gasteiger partial charge in [0.2, 0.25) is 5.83 Å². The van der Waals surface area contributed by atoms with Crippen molar-refractivity contribution in [3.8, 4) is 0 Å². The van der Waals surface area contributed by atoms with Gasteiger partial charge in [0, 0.05) is 12.2 Å². The van der Waals surface area contributed by atoms with E-state index in [1.807, 2.05) is 12.2 Å². The summed E-state index contributed by atoms with van der Waals surface area (Å²) in [5.74, 6) is 0.269. The van der Waals surface area contributed by atoms with E-state index in [1.165, 1.54) is 6.08 Å². The predicted molar refractivity (Wildman–Crippen MR) is 75.6 cm³/mol. The molecule has 0 bridgehead atoms. The average Bonchev–Trinajstić information content (AvgIpc) is 2.45. The molecule has 2 heteroatoms. The maximum atomic E-state index is 13.7. The Morgan fingerprint density at radius 2 is 1.79 bits per heavy atom. The minimum Gasteiger partial charge on any atom is -0.179 e. The van der Waals surface area contributed by atoms with Crippen molar-refractivity contribution in [2.24, 2.45) is 11.8 Å². The Bertz CT molecular complexity index is 446. The second-order valence-electron chi connectivity index (χ2n) is 5.21. The third-order valence-corrected chi connectivity index (χ3v) is 3.89. The second kappa shape index (κ2) is 6.05. The SMILES string of the molecule is C=CC1CCC(/C=C/C2=C(F)[C+](F)C(=C)C=C2)CC1. The number of hydrogen-bond acceptors (Lipinski definition) is 0. The van der Waals surface area contributed by atoms with E-state index < -0.39 is 12.0 Å². The van der Waals surface area contributed by atoms with Crippen LogP contribution in [0.1, 0.15) is 25.7 Å². The van der Waals surface area contributed by atoms with Crippen LogP contribution in [0.5, 0.6) is 0 Å². The van der Waals surface area contributed by atoms with Gasteiger partial charge in [-0.05, 0) is 50.2 Å². The summed E-state index contributed by atoms with van der Waals surface area (Å²) < 4.78 is 27.0. The summed E-state index contributed by atoms with van der Waals surface area (Å²) in [6.07, 6.45) is 12.4. The summed E-state index contributed by atoms with van der Waals surface area (Å²) in [4.78, 5) is 0. The smallest absolute Gasteiger partial charge is 0.179 e. The van der Waals surface area contributed by atoms with Crippen LogP contribution < -0.4 is 0 Å². The lowest BCUT2D eigenvalue weighted by atomic mass is 9.81. The lowest BCUT2D eigenvalue weighted by Gasteiger charge is -2.24. The molecule has 0 spiro atoms. The van der Waals surface area contributed by atoms with Crippen LogP contribution in [0.15, 0.2) is 60.5 Å². The normalized spacial score (nSPS) is 28.3. The Balaban J connectivity index is 1.98. The zero-order chi connectivity index (χ0) is 13.8. The van der Waals surface area contributed by atoms with Gasteiger partial charge in [-0.3, -0.25) is 0 Å². The molecule has 2 aliphatic carbocycles. The van der Waals surface area contributed by atoms with E-state index in [4.69, 9.17) is 0 Å². The highest BCUT2D eigenvalue weighted by molar-refractivity contribution is 5.52. The van der Waals surface area contributed by atoms with E-state index in [0.717, 1.165) is 25.7 Å². The van der Waals surface area contributed by atoms with Gasteiger partial charge >= 0.3 is 0 Å². The Morgan fingerprint density at radius 3 is 2.42 bits per heavy atom. The van der Waals surface area contributed by atoms with Crippen molar-refractivity contribution in [3.63, 3.8) is 0 Å². The van der Waals surface area contributed by atoms with Crippen molar-refractivity contribution in [2.45, 2.75) is 25.7 Å². The van der Waals surface area contributed by atoms with Gasteiger partial charge in [0.25, 0.3) is 6.17 Å². The largest absolute Gasteiger partial charge is 0.258 e. The molecule has 0 aromatic heterocycles. The number of halogens is 2. The summed E-state index contributed by atoms with van der Waals surface area (Å²) in [6.45, 7) is 7.26. The molecular weight excluding hydrogens is 242 g/mol. The van der Waals surface area contributed by atoms with E-state index >= 15 is 0 Å². The predicted octanol–water partition coefficient (Wildman–Crippen LogP) is 5.39. The molecule has 0 aromatic rings. The van der Waals surface area contributed by atoms with Gasteiger partial charge in [0.1, 0.15) is 5.57 Å². The first-order valence-electron chi connectivity index (χ1n) is 6.72. The molecule has 1 fully saturated rings. The van der Waals surface area contributed by atoms with E-state index in [9.17, 15) is 8.78 Å². The summed E-state index contributed by atoms with van der Waals surface area (Å²) >= 11 is 0. The lowest BCUT2D eigenvalue weighted by molar-refractivity contribution is 0.357. The molecule has 1 saturated carbocycles. The molecule has 0 atom stereocenters. The Kier molecular flexibility index (Phi) is 4.41. The van der Waals surface area contributed by atoms with Crippen molar-refractivity contribution in [1.29, 1.82) is 0 Å². The number of rotatable bonds is 3. The van der Waals surface area contributed by atoms with E-state index in [1.54, 1.807) is 12.2 Å². The van der Waals surface area contributed by atoms with Crippen molar-refractivity contribution in [2.75, 3.05) is 0 Å².